The fraction of sp³-hybridized carbons (Fsp3) is 0.0435. The molecule has 0 bridgehead atoms. The largest absolute Gasteiger partial charge is 0.439 e. The van der Waals surface area contributed by atoms with Gasteiger partial charge in [0.15, 0.2) is 5.11 Å². The van der Waals surface area contributed by atoms with E-state index in [1.165, 1.54) is 17.2 Å². The third-order valence-corrected chi connectivity index (χ3v) is 5.04. The summed E-state index contributed by atoms with van der Waals surface area (Å²) in [6, 6.07) is 17.6. The summed E-state index contributed by atoms with van der Waals surface area (Å²) in [7, 11) is 0. The molecule has 0 saturated carbocycles. The van der Waals surface area contributed by atoms with Gasteiger partial charge in [0.25, 0.3) is 11.8 Å². The molecule has 1 saturated heterocycles. The van der Waals surface area contributed by atoms with E-state index < -0.39 is 11.8 Å². The van der Waals surface area contributed by atoms with Crippen LogP contribution < -0.4 is 15.0 Å². The minimum atomic E-state index is -0.569. The first-order valence-electron chi connectivity index (χ1n) is 9.28. The number of benzene rings is 2. The van der Waals surface area contributed by atoms with Gasteiger partial charge in [-0.3, -0.25) is 19.8 Å². The number of rotatable bonds is 4. The molecule has 2 amide bonds. The summed E-state index contributed by atoms with van der Waals surface area (Å²) in [5.74, 6) is -0.0381. The molecule has 31 heavy (non-hydrogen) atoms. The molecule has 1 aromatic heterocycles. The summed E-state index contributed by atoms with van der Waals surface area (Å²) in [5.41, 5.74) is 2.14. The fourth-order valence-electron chi connectivity index (χ4n) is 2.91. The minimum Gasteiger partial charge on any atom is -0.439 e. The van der Waals surface area contributed by atoms with Gasteiger partial charge in [0, 0.05) is 17.3 Å². The highest BCUT2D eigenvalue weighted by Crippen LogP contribution is 2.24. The predicted octanol–water partition coefficient (Wildman–Crippen LogP) is 4.67. The summed E-state index contributed by atoms with van der Waals surface area (Å²) >= 11 is 11.1. The molecule has 8 heteroatoms. The monoisotopic (exact) mass is 449 g/mol. The molecule has 0 radical (unpaired) electrons. The zero-order chi connectivity index (χ0) is 22.0. The maximum Gasteiger partial charge on any atom is 0.270 e. The van der Waals surface area contributed by atoms with Gasteiger partial charge in [-0.05, 0) is 73.2 Å². The number of thiocarbonyl (C=S) groups is 1. The van der Waals surface area contributed by atoms with E-state index in [0.29, 0.717) is 27.9 Å². The second-order valence-corrected chi connectivity index (χ2v) is 7.60. The Balaban J connectivity index is 1.57. The maximum atomic E-state index is 13.0. The van der Waals surface area contributed by atoms with Gasteiger partial charge in [0.05, 0.1) is 5.69 Å². The average molecular weight is 450 g/mol. The van der Waals surface area contributed by atoms with Gasteiger partial charge in [0.2, 0.25) is 5.88 Å². The quantitative estimate of drug-likeness (QED) is 0.356. The van der Waals surface area contributed by atoms with Crippen LogP contribution in [0.5, 0.6) is 11.6 Å². The first-order valence-corrected chi connectivity index (χ1v) is 10.1. The van der Waals surface area contributed by atoms with Crippen molar-refractivity contribution in [2.45, 2.75) is 6.92 Å². The Morgan fingerprint density at radius 2 is 1.74 bits per heavy atom. The molecular weight excluding hydrogens is 434 g/mol. The number of nitrogens with zero attached hydrogens (tertiary/aromatic N) is 2. The molecule has 2 aromatic carbocycles. The topological polar surface area (TPSA) is 71.5 Å². The number of ether oxygens (including phenoxy) is 1. The molecule has 1 N–H and O–H groups in total. The second-order valence-electron chi connectivity index (χ2n) is 6.78. The molecule has 0 aliphatic carbocycles. The lowest BCUT2D eigenvalue weighted by molar-refractivity contribution is -0.122. The minimum absolute atomic E-state index is 0.00874. The van der Waals surface area contributed by atoms with Gasteiger partial charge < -0.3 is 4.74 Å². The van der Waals surface area contributed by atoms with Crippen LogP contribution in [0.1, 0.15) is 11.1 Å². The Kier molecular flexibility index (Phi) is 5.79. The predicted molar refractivity (Wildman–Crippen MR) is 123 cm³/mol. The van der Waals surface area contributed by atoms with Crippen LogP contribution in [0, 0.1) is 6.92 Å². The fourth-order valence-corrected chi connectivity index (χ4v) is 3.32. The number of carbonyl (C=O) groups is 2. The van der Waals surface area contributed by atoms with E-state index >= 15 is 0 Å². The lowest BCUT2D eigenvalue weighted by Crippen LogP contribution is -2.54. The molecule has 154 valence electrons. The van der Waals surface area contributed by atoms with Crippen molar-refractivity contribution < 1.29 is 14.3 Å². The van der Waals surface area contributed by atoms with Crippen molar-refractivity contribution in [1.29, 1.82) is 0 Å². The molecule has 6 nitrogen and oxygen atoms in total. The Hall–Kier alpha value is -3.55. The number of amides is 2. The highest BCUT2D eigenvalue weighted by Gasteiger charge is 2.34. The van der Waals surface area contributed by atoms with Gasteiger partial charge in [0.1, 0.15) is 11.3 Å². The van der Waals surface area contributed by atoms with Gasteiger partial charge in [-0.2, -0.15) is 0 Å². The first kappa shape index (κ1) is 20.7. The molecular formula is C23H16ClN3O3S. The van der Waals surface area contributed by atoms with Crippen LogP contribution in [0.3, 0.4) is 0 Å². The van der Waals surface area contributed by atoms with E-state index in [2.05, 4.69) is 10.3 Å². The van der Waals surface area contributed by atoms with Crippen LogP contribution in [-0.4, -0.2) is 21.9 Å². The molecule has 0 unspecified atom stereocenters. The highest BCUT2D eigenvalue weighted by molar-refractivity contribution is 7.80. The molecule has 1 fully saturated rings. The average Bonchev–Trinajstić information content (AvgIpc) is 2.75. The van der Waals surface area contributed by atoms with Crippen molar-refractivity contribution in [2.24, 2.45) is 0 Å². The van der Waals surface area contributed by atoms with Crippen molar-refractivity contribution in [3.8, 4) is 11.6 Å². The Labute approximate surface area is 189 Å². The first-order chi connectivity index (χ1) is 14.9. The van der Waals surface area contributed by atoms with Crippen LogP contribution in [0.2, 0.25) is 5.02 Å². The van der Waals surface area contributed by atoms with Crippen molar-refractivity contribution in [3.63, 3.8) is 0 Å². The number of halogens is 1. The highest BCUT2D eigenvalue weighted by atomic mass is 35.5. The van der Waals surface area contributed by atoms with Gasteiger partial charge in [-0.25, -0.2) is 4.98 Å². The van der Waals surface area contributed by atoms with E-state index in [9.17, 15) is 9.59 Å². The normalized spacial score (nSPS) is 15.2. The maximum absolute atomic E-state index is 13.0. The SMILES string of the molecule is Cc1ccc(Oc2ccc(C=C3C(=O)NC(=S)N(c4ccc(Cl)cc4)C3=O)cn2)cc1. The number of anilines is 1. The summed E-state index contributed by atoms with van der Waals surface area (Å²) in [5, 5.41) is 3.08. The van der Waals surface area contributed by atoms with Gasteiger partial charge in [-0.1, -0.05) is 29.3 Å². The lowest BCUT2D eigenvalue weighted by Gasteiger charge is -2.28. The van der Waals surface area contributed by atoms with Crippen molar-refractivity contribution >= 4 is 52.5 Å². The van der Waals surface area contributed by atoms with E-state index in [1.807, 2.05) is 31.2 Å². The van der Waals surface area contributed by atoms with Crippen LogP contribution in [0.4, 0.5) is 5.69 Å². The van der Waals surface area contributed by atoms with E-state index in [4.69, 9.17) is 28.6 Å². The Morgan fingerprint density at radius 3 is 2.39 bits per heavy atom. The number of nitrogens with one attached hydrogen (secondary N) is 1. The lowest BCUT2D eigenvalue weighted by atomic mass is 10.1. The number of aryl methyl sites for hydroxylation is 1. The molecule has 3 aromatic rings. The smallest absolute Gasteiger partial charge is 0.270 e. The van der Waals surface area contributed by atoms with E-state index in [0.717, 1.165) is 5.56 Å². The van der Waals surface area contributed by atoms with Crippen LogP contribution in [-0.2, 0) is 9.59 Å². The summed E-state index contributed by atoms with van der Waals surface area (Å²) in [6.07, 6.45) is 2.99. The van der Waals surface area contributed by atoms with Crippen LogP contribution in [0.25, 0.3) is 6.08 Å². The number of hydrogen-bond donors (Lipinski definition) is 1. The van der Waals surface area contributed by atoms with Crippen molar-refractivity contribution in [2.75, 3.05) is 4.90 Å². The van der Waals surface area contributed by atoms with E-state index in [1.54, 1.807) is 36.4 Å². The molecule has 1 aliphatic heterocycles. The zero-order valence-corrected chi connectivity index (χ0v) is 17.9. The number of aromatic nitrogens is 1. The third kappa shape index (κ3) is 4.63. The van der Waals surface area contributed by atoms with Gasteiger partial charge in [-0.15, -0.1) is 0 Å². The summed E-state index contributed by atoms with van der Waals surface area (Å²) < 4.78 is 5.71. The number of pyridine rings is 1. The third-order valence-electron chi connectivity index (χ3n) is 4.50. The van der Waals surface area contributed by atoms with Crippen molar-refractivity contribution in [1.82, 2.24) is 10.3 Å². The summed E-state index contributed by atoms with van der Waals surface area (Å²) in [4.78, 5) is 30.9. The Bertz CT molecular complexity index is 1190. The zero-order valence-electron chi connectivity index (χ0n) is 16.3. The number of hydrogen-bond acceptors (Lipinski definition) is 5. The Morgan fingerprint density at radius 1 is 1.03 bits per heavy atom. The van der Waals surface area contributed by atoms with Crippen LogP contribution in [0.15, 0.2) is 72.4 Å². The summed E-state index contributed by atoms with van der Waals surface area (Å²) in [6.45, 7) is 1.99. The molecule has 0 atom stereocenters. The van der Waals surface area contributed by atoms with Gasteiger partial charge >= 0.3 is 0 Å². The molecule has 0 spiro atoms. The molecule has 4 rings (SSSR count). The standard InChI is InChI=1S/C23H16ClN3O3S/c1-14-2-9-18(10-3-14)30-20-11-4-15(13-25-20)12-19-21(28)26-23(31)27(22(19)29)17-7-5-16(24)6-8-17/h2-13H,1H3,(H,26,28,31). The molecule has 1 aliphatic rings. The van der Waals surface area contributed by atoms with E-state index in [-0.39, 0.29) is 10.7 Å². The number of carbonyl (C=O) groups excluding carboxylic acids is 2. The second kappa shape index (κ2) is 8.67. The molecule has 2 heterocycles. The van der Waals surface area contributed by atoms with Crippen LogP contribution >= 0.6 is 23.8 Å². The van der Waals surface area contributed by atoms with Crippen molar-refractivity contribution in [3.05, 3.63) is 88.6 Å².